The number of nitrogens with zero attached hydrogens (tertiary/aromatic N) is 4. The second-order valence-corrected chi connectivity index (χ2v) is 10.6. The molecule has 0 saturated carbocycles. The summed E-state index contributed by atoms with van der Waals surface area (Å²) in [5.74, 6) is 0.137. The van der Waals surface area contributed by atoms with Crippen LogP contribution in [0.5, 0.6) is 11.5 Å². The molecule has 210 valence electrons. The first-order chi connectivity index (χ1) is 21.0. The van der Waals surface area contributed by atoms with Crippen molar-refractivity contribution in [3.05, 3.63) is 131 Å². The monoisotopic (exact) mass is 564 g/mol. The molecule has 1 aliphatic rings. The molecular weight excluding hydrogens is 536 g/mol. The van der Waals surface area contributed by atoms with Crippen LogP contribution in [-0.2, 0) is 4.79 Å². The van der Waals surface area contributed by atoms with Gasteiger partial charge in [0.15, 0.2) is 0 Å². The highest BCUT2D eigenvalue weighted by molar-refractivity contribution is 5.92. The number of phenols is 1. The van der Waals surface area contributed by atoms with Gasteiger partial charge >= 0.3 is 5.97 Å². The van der Waals surface area contributed by atoms with E-state index in [0.29, 0.717) is 11.4 Å². The second kappa shape index (κ2) is 10.6. The van der Waals surface area contributed by atoms with Gasteiger partial charge in [0.25, 0.3) is 0 Å². The van der Waals surface area contributed by atoms with Crippen LogP contribution in [-0.4, -0.2) is 22.8 Å². The molecule has 43 heavy (non-hydrogen) atoms. The molecule has 1 N–H and O–H groups in total. The minimum atomic E-state index is -0.373. The molecule has 0 saturated heterocycles. The van der Waals surface area contributed by atoms with Gasteiger partial charge in [0.2, 0.25) is 0 Å². The average molecular weight is 565 g/mol. The molecule has 6 aromatic rings. The highest BCUT2D eigenvalue weighted by Crippen LogP contribution is 2.32. The Kier molecular flexibility index (Phi) is 6.47. The zero-order valence-corrected chi connectivity index (χ0v) is 23.7. The number of carbonyl (C=O) groups is 1. The van der Waals surface area contributed by atoms with Crippen molar-refractivity contribution in [2.45, 2.75) is 13.0 Å². The van der Waals surface area contributed by atoms with Gasteiger partial charge in [0, 0.05) is 30.0 Å². The lowest BCUT2D eigenvalue weighted by Gasteiger charge is -2.25. The summed E-state index contributed by atoms with van der Waals surface area (Å²) in [7, 11) is 2.06. The van der Waals surface area contributed by atoms with Crippen LogP contribution < -0.4 is 20.3 Å². The van der Waals surface area contributed by atoms with Crippen LogP contribution in [0.2, 0.25) is 0 Å². The van der Waals surface area contributed by atoms with E-state index in [1.165, 1.54) is 12.5 Å². The quantitative estimate of drug-likeness (QED) is 0.142. The van der Waals surface area contributed by atoms with Crippen molar-refractivity contribution in [1.82, 2.24) is 4.68 Å². The van der Waals surface area contributed by atoms with Gasteiger partial charge in [0.1, 0.15) is 17.2 Å². The van der Waals surface area contributed by atoms with Gasteiger partial charge in [-0.25, -0.2) is 0 Å². The van der Waals surface area contributed by atoms with Gasteiger partial charge in [-0.05, 0) is 65.1 Å². The van der Waals surface area contributed by atoms with Crippen LogP contribution in [0, 0.1) is 0 Å². The summed E-state index contributed by atoms with van der Waals surface area (Å²) in [5, 5.41) is 26.9. The minimum absolute atomic E-state index is 0.0294. The second-order valence-electron chi connectivity index (χ2n) is 10.6. The fourth-order valence-electron chi connectivity index (χ4n) is 5.81. The zero-order chi connectivity index (χ0) is 29.5. The van der Waals surface area contributed by atoms with Gasteiger partial charge in [-0.15, -0.1) is 10.2 Å². The number of rotatable bonds is 5. The SMILES string of the molecule is CC(=O)Oc1ccc2c(c1)/c(=C/c1ccc(N=Nc3cccc4ccccc34)c(O)c1)c1n2N(C)C(c2ccccc2)C=1. The first-order valence-corrected chi connectivity index (χ1v) is 14.0. The van der Waals surface area contributed by atoms with Crippen LogP contribution in [0.4, 0.5) is 11.4 Å². The van der Waals surface area contributed by atoms with E-state index in [9.17, 15) is 9.90 Å². The van der Waals surface area contributed by atoms with Crippen molar-refractivity contribution >= 4 is 51.2 Å². The number of esters is 1. The molecule has 1 aliphatic heterocycles. The summed E-state index contributed by atoms with van der Waals surface area (Å²) in [4.78, 5) is 11.7. The molecule has 0 amide bonds. The van der Waals surface area contributed by atoms with Crippen molar-refractivity contribution in [3.63, 3.8) is 0 Å². The van der Waals surface area contributed by atoms with Crippen LogP contribution in [0.25, 0.3) is 33.8 Å². The van der Waals surface area contributed by atoms with Crippen molar-refractivity contribution in [1.29, 1.82) is 0 Å². The number of aromatic hydroxyl groups is 1. The molecule has 0 aliphatic carbocycles. The summed E-state index contributed by atoms with van der Waals surface area (Å²) < 4.78 is 7.61. The summed E-state index contributed by atoms with van der Waals surface area (Å²) in [5.41, 5.74) is 4.08. The van der Waals surface area contributed by atoms with E-state index in [2.05, 4.69) is 45.2 Å². The number of hydrogen-bond donors (Lipinski definition) is 1. The predicted molar refractivity (Wildman–Crippen MR) is 170 cm³/mol. The third-order valence-electron chi connectivity index (χ3n) is 7.77. The van der Waals surface area contributed by atoms with Crippen LogP contribution >= 0.6 is 0 Å². The Balaban J connectivity index is 1.33. The highest BCUT2D eigenvalue weighted by atomic mass is 16.5. The van der Waals surface area contributed by atoms with Crippen molar-refractivity contribution in [2.75, 3.05) is 12.1 Å². The lowest BCUT2D eigenvalue weighted by molar-refractivity contribution is -0.131. The minimum Gasteiger partial charge on any atom is -0.506 e. The first-order valence-electron chi connectivity index (χ1n) is 14.0. The molecular formula is C36H28N4O3. The third kappa shape index (κ3) is 4.81. The summed E-state index contributed by atoms with van der Waals surface area (Å²) in [6, 6.07) is 35.3. The van der Waals surface area contributed by atoms with E-state index in [1.807, 2.05) is 91.0 Å². The molecule has 0 fully saturated rings. The third-order valence-corrected chi connectivity index (χ3v) is 7.77. The van der Waals surface area contributed by atoms with E-state index in [-0.39, 0.29) is 17.8 Å². The van der Waals surface area contributed by atoms with Crippen LogP contribution in [0.1, 0.15) is 24.1 Å². The fourth-order valence-corrected chi connectivity index (χ4v) is 5.81. The van der Waals surface area contributed by atoms with Gasteiger partial charge in [-0.2, -0.15) is 0 Å². The number of ether oxygens (including phenoxy) is 1. The fraction of sp³-hybridized carbons (Fsp3) is 0.0833. The molecule has 0 bridgehead atoms. The molecule has 7 rings (SSSR count). The number of aromatic nitrogens is 1. The number of fused-ring (bicyclic) bond motifs is 4. The van der Waals surface area contributed by atoms with Crippen molar-refractivity contribution in [2.24, 2.45) is 10.2 Å². The lowest BCUT2D eigenvalue weighted by Crippen LogP contribution is -2.35. The standard InChI is InChI=1S/C36H28N4O3/c1-23(41)43-27-16-18-33-30(21-27)29(35-22-34(39(2)40(33)35)26-10-4-3-5-11-26)19-24-15-17-32(36(42)20-24)38-37-31-14-8-12-25-9-6-7-13-28(25)31/h3-22,34,42H,1-2H3/b29-19-,38-37?. The largest absolute Gasteiger partial charge is 0.506 e. The Morgan fingerprint density at radius 3 is 2.42 bits per heavy atom. The van der Waals surface area contributed by atoms with Crippen molar-refractivity contribution < 1.29 is 14.6 Å². The predicted octanol–water partition coefficient (Wildman–Crippen LogP) is 6.77. The number of azo groups is 1. The topological polar surface area (TPSA) is 79.4 Å². The number of hydrogen-bond acceptors (Lipinski definition) is 6. The maximum absolute atomic E-state index is 11.7. The Morgan fingerprint density at radius 2 is 1.60 bits per heavy atom. The first kappa shape index (κ1) is 26.2. The Bertz CT molecular complexity index is 2180. The maximum atomic E-state index is 11.7. The van der Waals surface area contributed by atoms with E-state index in [0.717, 1.165) is 43.5 Å². The van der Waals surface area contributed by atoms with E-state index in [1.54, 1.807) is 12.1 Å². The van der Waals surface area contributed by atoms with Crippen molar-refractivity contribution in [3.8, 4) is 11.5 Å². The van der Waals surface area contributed by atoms with Gasteiger partial charge in [0.05, 0.1) is 22.6 Å². The Hall–Kier alpha value is -5.69. The zero-order valence-electron chi connectivity index (χ0n) is 23.7. The summed E-state index contributed by atoms with van der Waals surface area (Å²) in [6.45, 7) is 1.39. The Morgan fingerprint density at radius 1 is 0.837 bits per heavy atom. The molecule has 7 nitrogen and oxygen atoms in total. The number of benzene rings is 5. The van der Waals surface area contributed by atoms with Gasteiger partial charge in [-0.1, -0.05) is 72.8 Å². The molecule has 1 unspecified atom stereocenters. The van der Waals surface area contributed by atoms with Crippen LogP contribution in [0.3, 0.4) is 0 Å². The normalized spacial score (nSPS) is 14.9. The van der Waals surface area contributed by atoms with Gasteiger partial charge < -0.3 is 14.9 Å². The molecule has 1 aromatic heterocycles. The summed E-state index contributed by atoms with van der Waals surface area (Å²) >= 11 is 0. The smallest absolute Gasteiger partial charge is 0.308 e. The molecule has 1 atom stereocenters. The summed E-state index contributed by atoms with van der Waals surface area (Å²) in [6.07, 6.45) is 4.27. The molecule has 5 aromatic carbocycles. The lowest BCUT2D eigenvalue weighted by atomic mass is 10.1. The number of phenolic OH excluding ortho intramolecular Hbond substituents is 1. The molecule has 2 heterocycles. The highest BCUT2D eigenvalue weighted by Gasteiger charge is 2.25. The average Bonchev–Trinajstić information content (AvgIpc) is 3.50. The maximum Gasteiger partial charge on any atom is 0.308 e. The van der Waals surface area contributed by atoms with Gasteiger partial charge in [-0.3, -0.25) is 9.47 Å². The van der Waals surface area contributed by atoms with E-state index < -0.39 is 0 Å². The van der Waals surface area contributed by atoms with Crippen LogP contribution in [0.15, 0.2) is 119 Å². The van der Waals surface area contributed by atoms with E-state index in [4.69, 9.17) is 4.74 Å². The number of carbonyl (C=O) groups excluding carboxylic acids is 1. The molecule has 0 spiro atoms. The molecule has 0 radical (unpaired) electrons. The Labute approximate surface area is 247 Å². The molecule has 7 heteroatoms. The van der Waals surface area contributed by atoms with E-state index >= 15 is 0 Å².